The monoisotopic (exact) mass is 668 g/mol. The molecule has 0 amide bonds. The molecule has 0 nitrogen and oxygen atoms in total. The van der Waals surface area contributed by atoms with E-state index < -0.39 is 0 Å². The van der Waals surface area contributed by atoms with Crippen LogP contribution in [0.2, 0.25) is 0 Å². The molecule has 0 saturated carbocycles. The average molecular weight is 666 g/mol. The van der Waals surface area contributed by atoms with Gasteiger partial charge in [-0.05, 0) is 0 Å². The Balaban J connectivity index is 0. The van der Waals surface area contributed by atoms with Crippen LogP contribution in [0.1, 0.15) is 0 Å². The van der Waals surface area contributed by atoms with Crippen molar-refractivity contribution in [3.8, 4) is 0 Å². The molecular weight excluding hydrogens is 666 g/mol. The van der Waals surface area contributed by atoms with Gasteiger partial charge in [-0.1, -0.05) is 0 Å². The molecule has 0 bridgehead atoms. The van der Waals surface area contributed by atoms with Gasteiger partial charge < -0.3 is 67.5 Å². The first kappa shape index (κ1) is 100. The van der Waals surface area contributed by atoms with Crippen LogP contribution in [0.5, 0.6) is 0 Å². The summed E-state index contributed by atoms with van der Waals surface area (Å²) >= 11 is 0. The van der Waals surface area contributed by atoms with Crippen molar-refractivity contribution in [2.24, 2.45) is 0 Å². The van der Waals surface area contributed by atoms with Gasteiger partial charge in [0.05, 0.1) is 0 Å². The van der Waals surface area contributed by atoms with Crippen LogP contribution < -0.4 is 0 Å². The van der Waals surface area contributed by atoms with Crippen LogP contribution in [-0.4, -0.2) is 0 Å². The van der Waals surface area contributed by atoms with Crippen LogP contribution >= 0.6 is 0 Å². The third-order valence-corrected chi connectivity index (χ3v) is 0. The second-order valence-electron chi connectivity index (χ2n) is 0. The maximum Gasteiger partial charge on any atom is 3.00 e. The van der Waals surface area contributed by atoms with Crippen molar-refractivity contribution in [2.75, 3.05) is 0 Å². The fourth-order valence-corrected chi connectivity index (χ4v) is 0. The number of hydrogen-bond acceptors (Lipinski definition) is 0. The first-order valence-corrected chi connectivity index (χ1v) is 0. The minimum Gasteiger partial charge on any atom is -2.00 e. The van der Waals surface area contributed by atoms with Gasteiger partial charge in [0, 0.05) is 0 Å². The Hall–Kier alpha value is 4.69. The van der Waals surface area contributed by atoms with E-state index in [0.29, 0.717) is 0 Å². The zero-order chi connectivity index (χ0) is 0. The number of rotatable bonds is 0. The van der Waals surface area contributed by atoms with Crippen LogP contribution in [0.4, 0.5) is 0 Å². The zero-order valence-electron chi connectivity index (χ0n) is 4.27. The summed E-state index contributed by atoms with van der Waals surface area (Å²) in [5.41, 5.74) is 0. The predicted molar refractivity (Wildman–Crippen MR) is 36.8 cm³/mol. The molecule has 0 aromatic heterocycles. The summed E-state index contributed by atoms with van der Waals surface area (Å²) in [6.07, 6.45) is 0. The van der Waals surface area contributed by atoms with Gasteiger partial charge in [-0.2, -0.15) is 0 Å². The summed E-state index contributed by atoms with van der Waals surface area (Å²) in [6, 6.07) is 0. The Bertz CT molecular complexity index is 12.9. The van der Waals surface area contributed by atoms with E-state index in [1.54, 1.807) is 0 Å². The summed E-state index contributed by atoms with van der Waals surface area (Å²) in [5, 5.41) is 0. The molecule has 0 aliphatic carbocycles. The van der Waals surface area contributed by atoms with Crippen LogP contribution in [0.25, 0.3) is 0 Å². The first-order chi connectivity index (χ1) is 0. The van der Waals surface area contributed by atoms with Gasteiger partial charge >= 0.3 is 90.1 Å². The normalized spacial score (nSPS) is 0. The second-order valence-corrected chi connectivity index (χ2v) is 0. The molecular formula is Cr2Hg2S5. The molecule has 0 aromatic carbocycles. The van der Waals surface area contributed by atoms with Gasteiger partial charge in [0.1, 0.15) is 0 Å². The predicted octanol–water partition coefficient (Wildman–Crippen LogP) is -0.0220. The molecule has 0 N–H and O–H groups in total. The Morgan fingerprint density at radius 1 is 0.333 bits per heavy atom. The van der Waals surface area contributed by atoms with E-state index in [1.807, 2.05) is 0 Å². The standard InChI is InChI=1S/2Cr.2Hg.5S/q2*+3;2*+2;5*-2. The molecule has 9 heavy (non-hydrogen) atoms. The number of hydrogen-bond donors (Lipinski definition) is 0. The fraction of sp³-hybridized carbons (Fsp3) is 0. The van der Waals surface area contributed by atoms with Gasteiger partial charge in [-0.3, -0.25) is 0 Å². The van der Waals surface area contributed by atoms with Crippen molar-refractivity contribution in [3.05, 3.63) is 0 Å². The molecule has 0 rings (SSSR count). The Kier molecular flexibility index (Phi) is 880. The van der Waals surface area contributed by atoms with Crippen LogP contribution in [0.15, 0.2) is 0 Å². The Morgan fingerprint density at radius 2 is 0.333 bits per heavy atom. The second kappa shape index (κ2) is 78.9. The largest absolute Gasteiger partial charge is 3.00 e. The summed E-state index contributed by atoms with van der Waals surface area (Å²) < 4.78 is 0. The molecule has 2 radical (unpaired) electrons. The molecule has 0 fully saturated rings. The molecule has 0 heterocycles. The van der Waals surface area contributed by atoms with Gasteiger partial charge in [0.15, 0.2) is 0 Å². The molecule has 0 aliphatic heterocycles. The molecule has 0 aliphatic rings. The summed E-state index contributed by atoms with van der Waals surface area (Å²) in [6.45, 7) is 0. The Morgan fingerprint density at radius 3 is 0.333 bits per heavy atom. The smallest absolute Gasteiger partial charge is 2.00 e. The van der Waals surface area contributed by atoms with E-state index in [2.05, 4.69) is 0 Å². The summed E-state index contributed by atoms with van der Waals surface area (Å²) in [5.74, 6) is 0. The zero-order valence-corrected chi connectivity index (χ0v) is 21.9. The van der Waals surface area contributed by atoms with E-state index in [4.69, 9.17) is 0 Å². The van der Waals surface area contributed by atoms with E-state index in [9.17, 15) is 0 Å². The maximum absolute atomic E-state index is 0. The summed E-state index contributed by atoms with van der Waals surface area (Å²) in [7, 11) is 0. The molecule has 0 saturated heterocycles. The summed E-state index contributed by atoms with van der Waals surface area (Å²) in [4.78, 5) is 0. The Labute approximate surface area is 154 Å². The molecule has 0 aromatic rings. The van der Waals surface area contributed by atoms with E-state index >= 15 is 0 Å². The first-order valence-electron chi connectivity index (χ1n) is 0. The molecule has 46 valence electrons. The van der Waals surface area contributed by atoms with E-state index in [1.165, 1.54) is 0 Å². The topological polar surface area (TPSA) is 0 Å². The average Bonchev–Trinajstić information content (AvgIpc) is 0. The fourth-order valence-electron chi connectivity index (χ4n) is 0. The van der Waals surface area contributed by atoms with Crippen molar-refractivity contribution in [1.82, 2.24) is 0 Å². The van der Waals surface area contributed by atoms with Crippen molar-refractivity contribution >= 4 is 67.5 Å². The van der Waals surface area contributed by atoms with Crippen LogP contribution in [-0.2, 0) is 158 Å². The minimum atomic E-state index is 0. The maximum atomic E-state index is 0. The molecule has 0 unspecified atom stereocenters. The molecule has 0 spiro atoms. The van der Waals surface area contributed by atoms with Crippen molar-refractivity contribution in [3.63, 3.8) is 0 Å². The van der Waals surface area contributed by atoms with Crippen molar-refractivity contribution in [1.29, 1.82) is 0 Å². The van der Waals surface area contributed by atoms with Gasteiger partial charge in [-0.15, -0.1) is 0 Å². The van der Waals surface area contributed by atoms with Crippen LogP contribution in [0.3, 0.4) is 0 Å². The molecule has 9 heteroatoms. The SMILES string of the molecule is [Cr+3].[Cr+3].[Hg+2].[Hg+2].[S-2].[S-2].[S-2].[S-2].[S-2]. The van der Waals surface area contributed by atoms with Gasteiger partial charge in [0.2, 0.25) is 0 Å². The van der Waals surface area contributed by atoms with Gasteiger partial charge in [-0.25, -0.2) is 0 Å². The molecule has 0 atom stereocenters. The minimum absolute atomic E-state index is 0. The van der Waals surface area contributed by atoms with Crippen molar-refractivity contribution in [2.45, 2.75) is 0 Å². The van der Waals surface area contributed by atoms with Crippen LogP contribution in [0, 0.1) is 0 Å². The quantitative estimate of drug-likeness (QED) is 0.320. The van der Waals surface area contributed by atoms with Crippen molar-refractivity contribution < 1.29 is 90.1 Å². The van der Waals surface area contributed by atoms with E-state index in [-0.39, 0.29) is 158 Å². The van der Waals surface area contributed by atoms with E-state index in [0.717, 1.165) is 0 Å². The third-order valence-electron chi connectivity index (χ3n) is 0. The van der Waals surface area contributed by atoms with Gasteiger partial charge in [0.25, 0.3) is 0 Å². The third kappa shape index (κ3) is 66.0.